The molecule has 0 spiro atoms. The third-order valence-electron chi connectivity index (χ3n) is 5.57. The maximum atomic E-state index is 13.5. The van der Waals surface area contributed by atoms with Crippen LogP contribution in [0, 0.1) is 6.92 Å². The highest BCUT2D eigenvalue weighted by molar-refractivity contribution is 7.13. The van der Waals surface area contributed by atoms with Crippen molar-refractivity contribution in [1.82, 2.24) is 4.98 Å². The molecule has 0 aliphatic carbocycles. The van der Waals surface area contributed by atoms with Crippen LogP contribution >= 0.6 is 11.3 Å². The highest BCUT2D eigenvalue weighted by Crippen LogP contribution is 2.42. The Morgan fingerprint density at radius 1 is 1.10 bits per heavy atom. The Balaban J connectivity index is 1.78. The monoisotopic (exact) mass is 416 g/mol. The average Bonchev–Trinajstić information content (AvgIpc) is 3.35. The SMILES string of the molecule is Cc1ccc2oc3c(c(=O)c2c1)C(c1ccc(C(C)C)cc1)N(c1nccs1)C3=O. The molecular weight excluding hydrogens is 396 g/mol. The maximum absolute atomic E-state index is 13.5. The molecule has 0 N–H and O–H groups in total. The van der Waals surface area contributed by atoms with Crippen molar-refractivity contribution in [2.24, 2.45) is 0 Å². The highest BCUT2D eigenvalue weighted by atomic mass is 32.1. The lowest BCUT2D eigenvalue weighted by molar-refractivity contribution is 0.0971. The van der Waals surface area contributed by atoms with Gasteiger partial charge in [-0.05, 0) is 36.1 Å². The predicted molar refractivity (Wildman–Crippen MR) is 119 cm³/mol. The summed E-state index contributed by atoms with van der Waals surface area (Å²) >= 11 is 1.36. The zero-order chi connectivity index (χ0) is 21.0. The molecular formula is C24H20N2O3S. The van der Waals surface area contributed by atoms with E-state index in [0.29, 0.717) is 27.6 Å². The summed E-state index contributed by atoms with van der Waals surface area (Å²) in [5.74, 6) is 0.158. The molecule has 0 bridgehead atoms. The molecule has 5 rings (SSSR count). The van der Waals surface area contributed by atoms with Crippen molar-refractivity contribution in [3.63, 3.8) is 0 Å². The fourth-order valence-corrected chi connectivity index (χ4v) is 4.66. The van der Waals surface area contributed by atoms with Gasteiger partial charge in [0.2, 0.25) is 5.76 Å². The Bertz CT molecular complexity index is 1320. The van der Waals surface area contributed by atoms with E-state index in [2.05, 4.69) is 31.0 Å². The molecule has 2 aromatic heterocycles. The largest absolute Gasteiger partial charge is 0.450 e. The lowest BCUT2D eigenvalue weighted by Crippen LogP contribution is -2.29. The van der Waals surface area contributed by atoms with E-state index < -0.39 is 6.04 Å². The van der Waals surface area contributed by atoms with E-state index in [4.69, 9.17) is 4.42 Å². The van der Waals surface area contributed by atoms with E-state index >= 15 is 0 Å². The van der Waals surface area contributed by atoms with Crippen LogP contribution in [0.25, 0.3) is 11.0 Å². The number of rotatable bonds is 3. The average molecular weight is 417 g/mol. The summed E-state index contributed by atoms with van der Waals surface area (Å²) in [6.45, 7) is 6.20. The molecule has 0 saturated carbocycles. The van der Waals surface area contributed by atoms with E-state index in [-0.39, 0.29) is 17.1 Å². The zero-order valence-corrected chi connectivity index (χ0v) is 17.7. The van der Waals surface area contributed by atoms with Gasteiger partial charge in [-0.3, -0.25) is 14.5 Å². The standard InChI is InChI=1S/C24H20N2O3S/c1-13(2)15-5-7-16(8-6-15)20-19-21(27)17-12-14(3)4-9-18(17)29-22(19)23(28)26(20)24-25-10-11-30-24/h4-13,20H,1-3H3. The third kappa shape index (κ3) is 2.79. The number of carbonyl (C=O) groups excluding carboxylic acids is 1. The summed E-state index contributed by atoms with van der Waals surface area (Å²) in [6, 6.07) is 12.9. The van der Waals surface area contributed by atoms with Gasteiger partial charge in [-0.25, -0.2) is 4.98 Å². The van der Waals surface area contributed by atoms with E-state index in [1.165, 1.54) is 16.9 Å². The van der Waals surface area contributed by atoms with Gasteiger partial charge in [0.15, 0.2) is 10.6 Å². The zero-order valence-electron chi connectivity index (χ0n) is 16.9. The number of anilines is 1. The Morgan fingerprint density at radius 2 is 1.87 bits per heavy atom. The van der Waals surface area contributed by atoms with Gasteiger partial charge in [0.05, 0.1) is 17.0 Å². The molecule has 0 radical (unpaired) electrons. The molecule has 5 nitrogen and oxygen atoms in total. The molecule has 6 heteroatoms. The molecule has 4 aromatic rings. The van der Waals surface area contributed by atoms with Crippen LogP contribution < -0.4 is 10.3 Å². The normalized spacial score (nSPS) is 15.9. The Labute approximate surface area is 177 Å². The van der Waals surface area contributed by atoms with E-state index in [9.17, 15) is 9.59 Å². The molecule has 1 unspecified atom stereocenters. The van der Waals surface area contributed by atoms with Gasteiger partial charge >= 0.3 is 0 Å². The summed E-state index contributed by atoms with van der Waals surface area (Å²) in [5.41, 5.74) is 3.67. The second kappa shape index (κ2) is 6.92. The number of aryl methyl sites for hydroxylation is 1. The topological polar surface area (TPSA) is 63.4 Å². The first-order chi connectivity index (χ1) is 14.5. The smallest absolute Gasteiger partial charge is 0.297 e. The van der Waals surface area contributed by atoms with E-state index in [0.717, 1.165) is 11.1 Å². The second-order valence-corrected chi connectivity index (χ2v) is 8.76. The van der Waals surface area contributed by atoms with Crippen molar-refractivity contribution in [2.75, 3.05) is 4.90 Å². The molecule has 30 heavy (non-hydrogen) atoms. The molecule has 0 saturated heterocycles. The first-order valence-corrected chi connectivity index (χ1v) is 10.7. The number of hydrogen-bond donors (Lipinski definition) is 0. The van der Waals surface area contributed by atoms with Crippen LogP contribution in [0.4, 0.5) is 5.13 Å². The van der Waals surface area contributed by atoms with Crippen molar-refractivity contribution >= 4 is 33.3 Å². The maximum Gasteiger partial charge on any atom is 0.297 e. The molecule has 1 amide bonds. The predicted octanol–water partition coefficient (Wildman–Crippen LogP) is 5.43. The van der Waals surface area contributed by atoms with Gasteiger partial charge < -0.3 is 4.42 Å². The van der Waals surface area contributed by atoms with Gasteiger partial charge in [-0.2, -0.15) is 0 Å². The van der Waals surface area contributed by atoms with E-state index in [1.54, 1.807) is 17.2 Å². The number of hydrogen-bond acceptors (Lipinski definition) is 5. The molecule has 3 heterocycles. The summed E-state index contributed by atoms with van der Waals surface area (Å²) < 4.78 is 5.98. The molecule has 1 atom stereocenters. The van der Waals surface area contributed by atoms with Crippen molar-refractivity contribution < 1.29 is 9.21 Å². The first-order valence-electron chi connectivity index (χ1n) is 9.86. The van der Waals surface area contributed by atoms with Crippen LogP contribution in [-0.4, -0.2) is 10.9 Å². The van der Waals surface area contributed by atoms with Gasteiger partial charge in [-0.15, -0.1) is 11.3 Å². The van der Waals surface area contributed by atoms with Gasteiger partial charge in [-0.1, -0.05) is 49.7 Å². The van der Waals surface area contributed by atoms with Gasteiger partial charge in [0, 0.05) is 11.6 Å². The van der Waals surface area contributed by atoms with Crippen LogP contribution in [0.15, 0.2) is 63.3 Å². The Morgan fingerprint density at radius 3 is 2.53 bits per heavy atom. The summed E-state index contributed by atoms with van der Waals surface area (Å²) in [5, 5.41) is 2.86. The molecule has 1 aliphatic rings. The van der Waals surface area contributed by atoms with Crippen LogP contribution in [0.3, 0.4) is 0 Å². The highest BCUT2D eigenvalue weighted by Gasteiger charge is 2.44. The minimum atomic E-state index is -0.568. The fourth-order valence-electron chi connectivity index (χ4n) is 4.00. The lowest BCUT2D eigenvalue weighted by atomic mass is 9.95. The van der Waals surface area contributed by atoms with E-state index in [1.807, 2.05) is 36.6 Å². The Hall–Kier alpha value is -3.25. The van der Waals surface area contributed by atoms with Gasteiger partial charge in [0.1, 0.15) is 5.58 Å². The number of thiazole rings is 1. The molecule has 150 valence electrons. The van der Waals surface area contributed by atoms with Gasteiger partial charge in [0.25, 0.3) is 5.91 Å². The summed E-state index contributed by atoms with van der Waals surface area (Å²) in [4.78, 5) is 32.8. The number of fused-ring (bicyclic) bond motifs is 2. The second-order valence-electron chi connectivity index (χ2n) is 7.89. The Kier molecular flexibility index (Phi) is 4.33. The molecule has 0 fully saturated rings. The summed E-state index contributed by atoms with van der Waals surface area (Å²) in [6.07, 6.45) is 1.66. The minimum absolute atomic E-state index is 0.101. The lowest BCUT2D eigenvalue weighted by Gasteiger charge is -2.23. The number of aromatic nitrogens is 1. The number of amides is 1. The number of carbonyl (C=O) groups is 1. The fraction of sp³-hybridized carbons (Fsp3) is 0.208. The third-order valence-corrected chi connectivity index (χ3v) is 6.34. The van der Waals surface area contributed by atoms with Crippen molar-refractivity contribution in [3.05, 3.63) is 92.3 Å². The quantitative estimate of drug-likeness (QED) is 0.447. The van der Waals surface area contributed by atoms with Crippen LogP contribution in [0.5, 0.6) is 0 Å². The van der Waals surface area contributed by atoms with Crippen LogP contribution in [0.2, 0.25) is 0 Å². The van der Waals surface area contributed by atoms with Crippen LogP contribution in [0.1, 0.15) is 58.6 Å². The summed E-state index contributed by atoms with van der Waals surface area (Å²) in [7, 11) is 0. The van der Waals surface area contributed by atoms with Crippen molar-refractivity contribution in [1.29, 1.82) is 0 Å². The molecule has 1 aliphatic heterocycles. The molecule has 2 aromatic carbocycles. The first kappa shape index (κ1) is 18.8. The number of nitrogens with zero attached hydrogens (tertiary/aromatic N) is 2. The van der Waals surface area contributed by atoms with Crippen LogP contribution in [-0.2, 0) is 0 Å². The number of benzene rings is 2. The minimum Gasteiger partial charge on any atom is -0.450 e. The van der Waals surface area contributed by atoms with Crippen molar-refractivity contribution in [3.8, 4) is 0 Å². The van der Waals surface area contributed by atoms with Crippen molar-refractivity contribution in [2.45, 2.75) is 32.7 Å².